The molecule has 0 aromatic heterocycles. The zero-order chi connectivity index (χ0) is 11.8. The summed E-state index contributed by atoms with van der Waals surface area (Å²) in [6.45, 7) is 0. The molecule has 1 aliphatic rings. The van der Waals surface area contributed by atoms with Gasteiger partial charge in [-0.2, -0.15) is 0 Å². The second kappa shape index (κ2) is 4.43. The van der Waals surface area contributed by atoms with Crippen LogP contribution in [-0.2, 0) is 0 Å². The zero-order valence-corrected chi connectivity index (χ0v) is 11.3. The van der Waals surface area contributed by atoms with Gasteiger partial charge in [-0.05, 0) is 41.2 Å². The van der Waals surface area contributed by atoms with Gasteiger partial charge in [0, 0.05) is 10.5 Å². The molecule has 1 unspecified atom stereocenters. The smallest absolute Gasteiger partial charge is 0.0329 e. The lowest BCUT2D eigenvalue weighted by Gasteiger charge is -2.32. The third-order valence-electron chi connectivity index (χ3n) is 3.92. The molecule has 1 atom stereocenters. The summed E-state index contributed by atoms with van der Waals surface area (Å²) in [5, 5.41) is 2.56. The Labute approximate surface area is 110 Å². The zero-order valence-electron chi connectivity index (χ0n) is 9.70. The fraction of sp³-hybridized carbons (Fsp3) is 0.333. The first-order valence-electron chi connectivity index (χ1n) is 6.20. The van der Waals surface area contributed by atoms with Crippen molar-refractivity contribution in [2.24, 2.45) is 11.7 Å². The summed E-state index contributed by atoms with van der Waals surface area (Å²) in [5.74, 6) is 0.680. The molecule has 2 N–H and O–H groups in total. The highest BCUT2D eigenvalue weighted by Crippen LogP contribution is 2.39. The van der Waals surface area contributed by atoms with Crippen LogP contribution < -0.4 is 5.73 Å². The molecule has 1 fully saturated rings. The molecule has 2 aromatic rings. The topological polar surface area (TPSA) is 26.0 Å². The fourth-order valence-electron chi connectivity index (χ4n) is 2.63. The van der Waals surface area contributed by atoms with E-state index in [9.17, 15) is 0 Å². The van der Waals surface area contributed by atoms with Crippen LogP contribution in [0.5, 0.6) is 0 Å². The number of hydrogen-bond donors (Lipinski definition) is 1. The quantitative estimate of drug-likeness (QED) is 0.871. The highest BCUT2D eigenvalue weighted by atomic mass is 79.9. The highest BCUT2D eigenvalue weighted by Gasteiger charge is 2.26. The number of rotatable bonds is 2. The summed E-state index contributed by atoms with van der Waals surface area (Å²) >= 11 is 3.61. The van der Waals surface area contributed by atoms with Crippen molar-refractivity contribution in [2.45, 2.75) is 25.3 Å². The average Bonchev–Trinajstić information content (AvgIpc) is 2.27. The first kappa shape index (κ1) is 11.2. The Kier molecular flexibility index (Phi) is 2.93. The Balaban J connectivity index is 2.12. The van der Waals surface area contributed by atoms with Gasteiger partial charge in [-0.25, -0.2) is 0 Å². The normalized spacial score (nSPS) is 18.0. The third-order valence-corrected chi connectivity index (χ3v) is 4.61. The molecule has 2 aromatic carbocycles. The van der Waals surface area contributed by atoms with Gasteiger partial charge in [-0.3, -0.25) is 0 Å². The predicted octanol–water partition coefficient (Wildman–Crippen LogP) is 4.40. The molecule has 17 heavy (non-hydrogen) atoms. The lowest BCUT2D eigenvalue weighted by molar-refractivity contribution is 0.265. The molecule has 0 aliphatic heterocycles. The number of hydrogen-bond acceptors (Lipinski definition) is 1. The molecule has 0 amide bonds. The van der Waals surface area contributed by atoms with Gasteiger partial charge in [0.25, 0.3) is 0 Å². The summed E-state index contributed by atoms with van der Waals surface area (Å²) in [5.41, 5.74) is 7.70. The molecule has 1 saturated carbocycles. The van der Waals surface area contributed by atoms with E-state index in [-0.39, 0.29) is 6.04 Å². The number of fused-ring (bicyclic) bond motifs is 1. The molecular formula is C15H16BrN. The Morgan fingerprint density at radius 2 is 1.76 bits per heavy atom. The van der Waals surface area contributed by atoms with E-state index < -0.39 is 0 Å². The maximum Gasteiger partial charge on any atom is 0.0329 e. The van der Waals surface area contributed by atoms with Crippen LogP contribution >= 0.6 is 15.9 Å². The Morgan fingerprint density at radius 3 is 2.41 bits per heavy atom. The monoisotopic (exact) mass is 289 g/mol. The minimum absolute atomic E-state index is 0.196. The van der Waals surface area contributed by atoms with Crippen molar-refractivity contribution in [3.8, 4) is 0 Å². The van der Waals surface area contributed by atoms with Gasteiger partial charge in [-0.1, -0.05) is 52.7 Å². The van der Waals surface area contributed by atoms with Crippen LogP contribution in [0, 0.1) is 5.92 Å². The highest BCUT2D eigenvalue weighted by molar-refractivity contribution is 9.10. The standard InChI is InChI=1S/C15H16BrN/c16-14-9-8-13(15(17)10-4-3-5-10)11-6-1-2-7-12(11)14/h1-2,6-10,15H,3-5,17H2. The Morgan fingerprint density at radius 1 is 1.06 bits per heavy atom. The van der Waals surface area contributed by atoms with Crippen LogP contribution in [-0.4, -0.2) is 0 Å². The number of benzene rings is 2. The van der Waals surface area contributed by atoms with Crippen LogP contribution in [0.3, 0.4) is 0 Å². The summed E-state index contributed by atoms with van der Waals surface area (Å²) in [7, 11) is 0. The molecule has 1 aliphatic carbocycles. The summed E-state index contributed by atoms with van der Waals surface area (Å²) in [6.07, 6.45) is 3.91. The molecule has 0 spiro atoms. The van der Waals surface area contributed by atoms with Crippen LogP contribution in [0.4, 0.5) is 0 Å². The van der Waals surface area contributed by atoms with Gasteiger partial charge < -0.3 is 5.73 Å². The van der Waals surface area contributed by atoms with Gasteiger partial charge in [0.15, 0.2) is 0 Å². The van der Waals surface area contributed by atoms with Crippen molar-refractivity contribution in [1.29, 1.82) is 0 Å². The van der Waals surface area contributed by atoms with Crippen LogP contribution in [0.2, 0.25) is 0 Å². The first-order chi connectivity index (χ1) is 8.27. The van der Waals surface area contributed by atoms with E-state index in [0.717, 1.165) is 4.47 Å². The van der Waals surface area contributed by atoms with Crippen LogP contribution in [0.25, 0.3) is 10.8 Å². The van der Waals surface area contributed by atoms with Crippen LogP contribution in [0.15, 0.2) is 40.9 Å². The van der Waals surface area contributed by atoms with Gasteiger partial charge in [0.1, 0.15) is 0 Å². The first-order valence-corrected chi connectivity index (χ1v) is 6.99. The molecule has 0 radical (unpaired) electrons. The van der Waals surface area contributed by atoms with Crippen molar-refractivity contribution in [3.63, 3.8) is 0 Å². The summed E-state index contributed by atoms with van der Waals surface area (Å²) in [6, 6.07) is 13.0. The molecule has 0 saturated heterocycles. The van der Waals surface area contributed by atoms with Crippen molar-refractivity contribution < 1.29 is 0 Å². The predicted molar refractivity (Wildman–Crippen MR) is 75.9 cm³/mol. The number of nitrogens with two attached hydrogens (primary N) is 1. The van der Waals surface area contributed by atoms with Gasteiger partial charge in [0.2, 0.25) is 0 Å². The minimum atomic E-state index is 0.196. The van der Waals surface area contributed by atoms with E-state index in [4.69, 9.17) is 5.73 Å². The molecule has 3 rings (SSSR count). The second-order valence-corrected chi connectivity index (χ2v) is 5.75. The third kappa shape index (κ3) is 1.90. The largest absolute Gasteiger partial charge is 0.324 e. The summed E-state index contributed by atoms with van der Waals surface area (Å²) < 4.78 is 1.15. The van der Waals surface area contributed by atoms with Gasteiger partial charge in [0.05, 0.1) is 0 Å². The lowest BCUT2D eigenvalue weighted by Crippen LogP contribution is -2.26. The average molecular weight is 290 g/mol. The van der Waals surface area contributed by atoms with Crippen molar-refractivity contribution in [3.05, 3.63) is 46.4 Å². The lowest BCUT2D eigenvalue weighted by atomic mass is 9.77. The van der Waals surface area contributed by atoms with E-state index in [0.29, 0.717) is 5.92 Å². The maximum atomic E-state index is 6.40. The maximum absolute atomic E-state index is 6.40. The second-order valence-electron chi connectivity index (χ2n) is 4.90. The SMILES string of the molecule is NC(c1ccc(Br)c2ccccc12)C1CCC1. The van der Waals surface area contributed by atoms with Crippen molar-refractivity contribution >= 4 is 26.7 Å². The van der Waals surface area contributed by atoms with Gasteiger partial charge >= 0.3 is 0 Å². The van der Waals surface area contributed by atoms with Crippen LogP contribution in [0.1, 0.15) is 30.9 Å². The summed E-state index contributed by atoms with van der Waals surface area (Å²) in [4.78, 5) is 0. The Hall–Kier alpha value is -0.860. The molecule has 0 bridgehead atoms. The van der Waals surface area contributed by atoms with E-state index in [2.05, 4.69) is 52.3 Å². The van der Waals surface area contributed by atoms with Crippen molar-refractivity contribution in [1.82, 2.24) is 0 Å². The fourth-order valence-corrected chi connectivity index (χ4v) is 3.11. The molecule has 88 valence electrons. The van der Waals surface area contributed by atoms with E-state index >= 15 is 0 Å². The molecule has 0 heterocycles. The van der Waals surface area contributed by atoms with E-state index in [1.54, 1.807) is 0 Å². The molecular weight excluding hydrogens is 274 g/mol. The van der Waals surface area contributed by atoms with E-state index in [1.807, 2.05) is 0 Å². The number of halogens is 1. The van der Waals surface area contributed by atoms with Crippen molar-refractivity contribution in [2.75, 3.05) is 0 Å². The Bertz CT molecular complexity index is 546. The molecule has 1 nitrogen and oxygen atoms in total. The minimum Gasteiger partial charge on any atom is -0.324 e. The molecule has 2 heteroatoms. The van der Waals surface area contributed by atoms with Gasteiger partial charge in [-0.15, -0.1) is 0 Å². The van der Waals surface area contributed by atoms with E-state index in [1.165, 1.54) is 35.6 Å².